The number of hydrogen-bond donors (Lipinski definition) is 3. The molecule has 0 radical (unpaired) electrons. The number of carboxylic acid groups (broad SMARTS) is 1. The maximum atomic E-state index is 11.4. The van der Waals surface area contributed by atoms with Crippen molar-refractivity contribution in [2.75, 3.05) is 18.0 Å². The first kappa shape index (κ1) is 14.8. The lowest BCUT2D eigenvalue weighted by atomic mass is 10.2. The van der Waals surface area contributed by atoms with Crippen LogP contribution in [0, 0.1) is 0 Å². The van der Waals surface area contributed by atoms with E-state index in [0.717, 1.165) is 0 Å². The standard InChI is InChI=1S/C11H12ClN3O4/c12-7-2-1-3-8(4-7)15(6-10(17)18)5-9(16)14-11(13)19/h1-4H,5-6H2,(H,17,18)(H3,13,14,16,19). The maximum Gasteiger partial charge on any atom is 0.323 e. The highest BCUT2D eigenvalue weighted by atomic mass is 35.5. The Morgan fingerprint density at radius 3 is 2.53 bits per heavy atom. The number of nitrogens with one attached hydrogen (secondary N) is 1. The molecule has 3 amide bonds. The summed E-state index contributed by atoms with van der Waals surface area (Å²) < 4.78 is 0. The van der Waals surface area contributed by atoms with Crippen LogP contribution in [0.3, 0.4) is 0 Å². The molecule has 0 heterocycles. The maximum absolute atomic E-state index is 11.4. The van der Waals surface area contributed by atoms with E-state index in [0.29, 0.717) is 10.7 Å². The molecule has 0 aromatic heterocycles. The summed E-state index contributed by atoms with van der Waals surface area (Å²) in [6.45, 7) is -0.734. The zero-order chi connectivity index (χ0) is 14.4. The largest absolute Gasteiger partial charge is 0.480 e. The van der Waals surface area contributed by atoms with E-state index in [4.69, 9.17) is 22.4 Å². The van der Waals surface area contributed by atoms with Crippen LogP contribution in [0.2, 0.25) is 5.02 Å². The second-order valence-electron chi connectivity index (χ2n) is 3.64. The quantitative estimate of drug-likeness (QED) is 0.726. The summed E-state index contributed by atoms with van der Waals surface area (Å²) in [6.07, 6.45) is 0. The summed E-state index contributed by atoms with van der Waals surface area (Å²) in [5.74, 6) is -1.82. The van der Waals surface area contributed by atoms with Crippen LogP contribution < -0.4 is 16.0 Å². The predicted molar refractivity (Wildman–Crippen MR) is 69.0 cm³/mol. The van der Waals surface area contributed by atoms with E-state index >= 15 is 0 Å². The molecule has 0 spiro atoms. The molecular weight excluding hydrogens is 274 g/mol. The van der Waals surface area contributed by atoms with Crippen molar-refractivity contribution in [1.29, 1.82) is 0 Å². The van der Waals surface area contributed by atoms with Gasteiger partial charge in [-0.25, -0.2) is 4.79 Å². The lowest BCUT2D eigenvalue weighted by Crippen LogP contribution is -2.43. The number of rotatable bonds is 5. The zero-order valence-electron chi connectivity index (χ0n) is 9.80. The minimum absolute atomic E-state index is 0.324. The molecule has 0 aliphatic heterocycles. The molecule has 4 N–H and O–H groups in total. The summed E-state index contributed by atoms with van der Waals surface area (Å²) in [7, 11) is 0. The van der Waals surface area contributed by atoms with Gasteiger partial charge in [0.15, 0.2) is 0 Å². The van der Waals surface area contributed by atoms with Crippen molar-refractivity contribution in [3.8, 4) is 0 Å². The summed E-state index contributed by atoms with van der Waals surface area (Å²) in [6, 6.07) is 5.37. The average molecular weight is 286 g/mol. The monoisotopic (exact) mass is 285 g/mol. The number of urea groups is 1. The van der Waals surface area contributed by atoms with Crippen molar-refractivity contribution in [2.24, 2.45) is 5.73 Å². The zero-order valence-corrected chi connectivity index (χ0v) is 10.6. The van der Waals surface area contributed by atoms with Gasteiger partial charge in [0.1, 0.15) is 6.54 Å². The number of carbonyl (C=O) groups is 3. The van der Waals surface area contributed by atoms with Crippen LogP contribution in [-0.2, 0) is 9.59 Å². The highest BCUT2D eigenvalue weighted by Crippen LogP contribution is 2.19. The fraction of sp³-hybridized carbons (Fsp3) is 0.182. The second-order valence-corrected chi connectivity index (χ2v) is 4.08. The van der Waals surface area contributed by atoms with Crippen LogP contribution in [0.1, 0.15) is 0 Å². The van der Waals surface area contributed by atoms with Crippen molar-refractivity contribution in [2.45, 2.75) is 0 Å². The van der Waals surface area contributed by atoms with Gasteiger partial charge in [-0.3, -0.25) is 14.9 Å². The topological polar surface area (TPSA) is 113 Å². The number of anilines is 1. The Bertz CT molecular complexity index is 506. The number of hydrogen-bond acceptors (Lipinski definition) is 4. The number of carboxylic acids is 1. The van der Waals surface area contributed by atoms with Crippen molar-refractivity contribution < 1.29 is 19.5 Å². The third-order valence-electron chi connectivity index (χ3n) is 2.10. The molecule has 8 heteroatoms. The number of halogens is 1. The smallest absolute Gasteiger partial charge is 0.323 e. The van der Waals surface area contributed by atoms with E-state index in [1.807, 2.05) is 5.32 Å². The van der Waals surface area contributed by atoms with E-state index in [2.05, 4.69) is 0 Å². The summed E-state index contributed by atoms with van der Waals surface area (Å²) >= 11 is 5.80. The number of aliphatic carboxylic acids is 1. The number of amides is 3. The Kier molecular flexibility index (Phi) is 5.13. The number of nitrogens with two attached hydrogens (primary N) is 1. The SMILES string of the molecule is NC(=O)NC(=O)CN(CC(=O)O)c1cccc(Cl)c1. The number of nitrogens with zero attached hydrogens (tertiary/aromatic N) is 1. The molecule has 1 aromatic carbocycles. The van der Waals surface area contributed by atoms with Crippen LogP contribution in [0.4, 0.5) is 10.5 Å². The summed E-state index contributed by atoms with van der Waals surface area (Å²) in [5.41, 5.74) is 5.26. The molecule has 0 unspecified atom stereocenters. The molecule has 0 saturated heterocycles. The third kappa shape index (κ3) is 5.26. The van der Waals surface area contributed by atoms with Gasteiger partial charge in [0.05, 0.1) is 6.54 Å². The Morgan fingerprint density at radius 2 is 2.00 bits per heavy atom. The molecule has 102 valence electrons. The fourth-order valence-corrected chi connectivity index (χ4v) is 1.61. The Hall–Kier alpha value is -2.28. The van der Waals surface area contributed by atoms with Gasteiger partial charge in [-0.05, 0) is 18.2 Å². The third-order valence-corrected chi connectivity index (χ3v) is 2.33. The van der Waals surface area contributed by atoms with Gasteiger partial charge < -0.3 is 15.7 Å². The number of carbonyl (C=O) groups excluding carboxylic acids is 2. The first-order valence-corrected chi connectivity index (χ1v) is 5.58. The lowest BCUT2D eigenvalue weighted by Gasteiger charge is -2.22. The minimum Gasteiger partial charge on any atom is -0.480 e. The minimum atomic E-state index is -1.12. The number of primary amides is 1. The van der Waals surface area contributed by atoms with Crippen molar-refractivity contribution in [1.82, 2.24) is 5.32 Å². The van der Waals surface area contributed by atoms with Gasteiger partial charge in [0.2, 0.25) is 5.91 Å². The Labute approximate surface area is 113 Å². The van der Waals surface area contributed by atoms with Crippen LogP contribution in [-0.4, -0.2) is 36.1 Å². The van der Waals surface area contributed by atoms with E-state index in [9.17, 15) is 14.4 Å². The Balaban J connectivity index is 2.86. The molecule has 0 bridgehead atoms. The number of imide groups is 1. The van der Waals surface area contributed by atoms with Crippen LogP contribution in [0.15, 0.2) is 24.3 Å². The van der Waals surface area contributed by atoms with E-state index in [-0.39, 0.29) is 6.54 Å². The first-order chi connectivity index (χ1) is 8.88. The molecule has 0 aliphatic carbocycles. The summed E-state index contributed by atoms with van der Waals surface area (Å²) in [4.78, 5) is 34.0. The normalized spacial score (nSPS) is 9.74. The van der Waals surface area contributed by atoms with E-state index in [1.165, 1.54) is 11.0 Å². The van der Waals surface area contributed by atoms with E-state index in [1.54, 1.807) is 18.2 Å². The molecule has 1 aromatic rings. The summed E-state index contributed by atoms with van der Waals surface area (Å²) in [5, 5.41) is 11.1. The molecule has 0 atom stereocenters. The van der Waals surface area contributed by atoms with Crippen LogP contribution in [0.25, 0.3) is 0 Å². The van der Waals surface area contributed by atoms with Crippen molar-refractivity contribution in [3.05, 3.63) is 29.3 Å². The highest BCUT2D eigenvalue weighted by Gasteiger charge is 2.15. The molecule has 0 saturated carbocycles. The van der Waals surface area contributed by atoms with Gasteiger partial charge in [-0.15, -0.1) is 0 Å². The lowest BCUT2D eigenvalue weighted by molar-refractivity contribution is -0.135. The van der Waals surface area contributed by atoms with Gasteiger partial charge in [0, 0.05) is 10.7 Å². The van der Waals surface area contributed by atoms with Gasteiger partial charge in [-0.1, -0.05) is 17.7 Å². The van der Waals surface area contributed by atoms with Crippen LogP contribution >= 0.6 is 11.6 Å². The molecule has 0 fully saturated rings. The highest BCUT2D eigenvalue weighted by molar-refractivity contribution is 6.30. The van der Waals surface area contributed by atoms with Gasteiger partial charge in [0.25, 0.3) is 0 Å². The van der Waals surface area contributed by atoms with Gasteiger partial charge >= 0.3 is 12.0 Å². The van der Waals surface area contributed by atoms with Crippen molar-refractivity contribution in [3.63, 3.8) is 0 Å². The molecule has 7 nitrogen and oxygen atoms in total. The number of benzene rings is 1. The van der Waals surface area contributed by atoms with Gasteiger partial charge in [-0.2, -0.15) is 0 Å². The molecular formula is C11H12ClN3O4. The molecule has 1 rings (SSSR count). The first-order valence-electron chi connectivity index (χ1n) is 5.20. The molecule has 0 aliphatic rings. The average Bonchev–Trinajstić information content (AvgIpc) is 2.26. The van der Waals surface area contributed by atoms with Crippen LogP contribution in [0.5, 0.6) is 0 Å². The Morgan fingerprint density at radius 1 is 1.32 bits per heavy atom. The fourth-order valence-electron chi connectivity index (χ4n) is 1.42. The second kappa shape index (κ2) is 6.60. The predicted octanol–water partition coefficient (Wildman–Crippen LogP) is 0.426. The van der Waals surface area contributed by atoms with Crippen molar-refractivity contribution >= 4 is 35.2 Å². The van der Waals surface area contributed by atoms with E-state index < -0.39 is 24.5 Å². The molecule has 19 heavy (non-hydrogen) atoms.